The Bertz CT molecular complexity index is 660. The van der Waals surface area contributed by atoms with E-state index in [0.717, 1.165) is 24.6 Å². The minimum absolute atomic E-state index is 0.00669. The summed E-state index contributed by atoms with van der Waals surface area (Å²) in [6.45, 7) is 3.16. The topological polar surface area (TPSA) is 71.5 Å². The number of hydrogen-bond donors (Lipinski definition) is 0. The summed E-state index contributed by atoms with van der Waals surface area (Å²) in [7, 11) is 0. The molecule has 8 heteroatoms. The van der Waals surface area contributed by atoms with E-state index in [2.05, 4.69) is 19.9 Å². The van der Waals surface area contributed by atoms with Crippen molar-refractivity contribution >= 4 is 23.3 Å². The third-order valence-corrected chi connectivity index (χ3v) is 4.01. The summed E-state index contributed by atoms with van der Waals surface area (Å²) in [4.78, 5) is 28.3. The van der Waals surface area contributed by atoms with E-state index in [0.29, 0.717) is 24.7 Å². The van der Waals surface area contributed by atoms with Crippen LogP contribution in [0.4, 0.5) is 5.82 Å². The standard InChI is InChI=1S/C16H18ClN5O2/c17-13-1-2-15(19-9-13)21-5-7-22(8-6-21)16(23)11-24-10-14-3-4-18-12-20-14/h1-4,9,12H,5-8,10-11H2. The molecule has 3 heterocycles. The molecule has 3 rings (SSSR count). The molecule has 0 aromatic carbocycles. The molecule has 0 spiro atoms. The summed E-state index contributed by atoms with van der Waals surface area (Å²) < 4.78 is 5.44. The van der Waals surface area contributed by atoms with Crippen LogP contribution in [0, 0.1) is 0 Å². The van der Waals surface area contributed by atoms with Crippen LogP contribution >= 0.6 is 11.6 Å². The molecule has 0 N–H and O–H groups in total. The molecule has 1 saturated heterocycles. The molecule has 1 amide bonds. The maximum Gasteiger partial charge on any atom is 0.248 e. The van der Waals surface area contributed by atoms with Crippen molar-refractivity contribution in [3.63, 3.8) is 0 Å². The number of piperazine rings is 1. The van der Waals surface area contributed by atoms with Crippen molar-refractivity contribution in [1.82, 2.24) is 19.9 Å². The van der Waals surface area contributed by atoms with Crippen LogP contribution in [0.2, 0.25) is 5.02 Å². The van der Waals surface area contributed by atoms with Gasteiger partial charge in [-0.25, -0.2) is 15.0 Å². The van der Waals surface area contributed by atoms with Crippen LogP contribution in [0.15, 0.2) is 36.9 Å². The molecule has 1 fully saturated rings. The highest BCUT2D eigenvalue weighted by atomic mass is 35.5. The number of carbonyl (C=O) groups excluding carboxylic acids is 1. The van der Waals surface area contributed by atoms with Crippen LogP contribution < -0.4 is 4.90 Å². The predicted octanol–water partition coefficient (Wildman–Crippen LogP) is 1.39. The molecule has 1 aliphatic rings. The van der Waals surface area contributed by atoms with Crippen LogP contribution in [0.5, 0.6) is 0 Å². The van der Waals surface area contributed by atoms with Crippen molar-refractivity contribution in [2.24, 2.45) is 0 Å². The van der Waals surface area contributed by atoms with Crippen molar-refractivity contribution < 1.29 is 9.53 Å². The van der Waals surface area contributed by atoms with Gasteiger partial charge in [0.25, 0.3) is 0 Å². The molecule has 24 heavy (non-hydrogen) atoms. The number of rotatable bonds is 5. The highest BCUT2D eigenvalue weighted by molar-refractivity contribution is 6.30. The Hall–Kier alpha value is -2.25. The molecule has 0 unspecified atom stereocenters. The Labute approximate surface area is 145 Å². The fraction of sp³-hybridized carbons (Fsp3) is 0.375. The van der Waals surface area contributed by atoms with Gasteiger partial charge >= 0.3 is 0 Å². The molecule has 2 aromatic rings. The fourth-order valence-electron chi connectivity index (χ4n) is 2.48. The molecule has 126 valence electrons. The van der Waals surface area contributed by atoms with E-state index in [1.807, 2.05) is 17.0 Å². The summed E-state index contributed by atoms with van der Waals surface area (Å²) in [6, 6.07) is 5.48. The Morgan fingerprint density at radius 3 is 2.67 bits per heavy atom. The Kier molecular flexibility index (Phi) is 5.55. The van der Waals surface area contributed by atoms with Crippen LogP contribution in [0.25, 0.3) is 0 Å². The molecule has 1 aliphatic heterocycles. The van der Waals surface area contributed by atoms with Gasteiger partial charge in [0.1, 0.15) is 18.8 Å². The van der Waals surface area contributed by atoms with E-state index >= 15 is 0 Å². The van der Waals surface area contributed by atoms with E-state index < -0.39 is 0 Å². The third-order valence-electron chi connectivity index (χ3n) is 3.79. The van der Waals surface area contributed by atoms with Crippen LogP contribution in [0.3, 0.4) is 0 Å². The lowest BCUT2D eigenvalue weighted by Crippen LogP contribution is -2.50. The Morgan fingerprint density at radius 1 is 1.17 bits per heavy atom. The Morgan fingerprint density at radius 2 is 2.00 bits per heavy atom. The van der Waals surface area contributed by atoms with E-state index in [-0.39, 0.29) is 12.5 Å². The maximum atomic E-state index is 12.2. The number of anilines is 1. The highest BCUT2D eigenvalue weighted by Crippen LogP contribution is 2.16. The number of aromatic nitrogens is 3. The van der Waals surface area contributed by atoms with Crippen molar-refractivity contribution in [2.75, 3.05) is 37.7 Å². The summed E-state index contributed by atoms with van der Waals surface area (Å²) in [6.07, 6.45) is 4.75. The molecule has 2 aromatic heterocycles. The first-order valence-corrected chi connectivity index (χ1v) is 8.07. The van der Waals surface area contributed by atoms with Gasteiger partial charge in [0.05, 0.1) is 17.3 Å². The first-order chi connectivity index (χ1) is 11.7. The third kappa shape index (κ3) is 4.39. The first kappa shape index (κ1) is 16.6. The minimum atomic E-state index is -0.00669. The number of amides is 1. The quantitative estimate of drug-likeness (QED) is 0.814. The molecular weight excluding hydrogens is 330 g/mol. The lowest BCUT2D eigenvalue weighted by Gasteiger charge is -2.35. The number of halogens is 1. The highest BCUT2D eigenvalue weighted by Gasteiger charge is 2.21. The van der Waals surface area contributed by atoms with Gasteiger partial charge in [-0.2, -0.15) is 0 Å². The molecule has 7 nitrogen and oxygen atoms in total. The summed E-state index contributed by atoms with van der Waals surface area (Å²) in [5.74, 6) is 0.874. The van der Waals surface area contributed by atoms with E-state index in [4.69, 9.17) is 16.3 Å². The number of ether oxygens (including phenoxy) is 1. The van der Waals surface area contributed by atoms with Gasteiger partial charge in [0, 0.05) is 38.6 Å². The first-order valence-electron chi connectivity index (χ1n) is 7.69. The number of pyridine rings is 1. The van der Waals surface area contributed by atoms with Gasteiger partial charge in [0.2, 0.25) is 5.91 Å². The van der Waals surface area contributed by atoms with E-state index in [1.165, 1.54) is 6.33 Å². The van der Waals surface area contributed by atoms with Crippen LogP contribution in [-0.4, -0.2) is 58.5 Å². The lowest BCUT2D eigenvalue weighted by atomic mass is 10.3. The maximum absolute atomic E-state index is 12.2. The second-order valence-corrected chi connectivity index (χ2v) is 5.83. The average molecular weight is 348 g/mol. The van der Waals surface area contributed by atoms with Gasteiger partial charge in [-0.1, -0.05) is 11.6 Å². The van der Waals surface area contributed by atoms with E-state index in [9.17, 15) is 4.79 Å². The molecule has 0 saturated carbocycles. The average Bonchev–Trinajstić information content (AvgIpc) is 2.63. The normalized spacial score (nSPS) is 14.7. The van der Waals surface area contributed by atoms with Crippen LogP contribution in [0.1, 0.15) is 5.69 Å². The predicted molar refractivity (Wildman–Crippen MR) is 89.7 cm³/mol. The number of nitrogens with zero attached hydrogens (tertiary/aromatic N) is 5. The van der Waals surface area contributed by atoms with Crippen molar-refractivity contribution in [3.05, 3.63) is 47.6 Å². The molecular formula is C16H18ClN5O2. The summed E-state index contributed by atoms with van der Waals surface area (Å²) in [5.41, 5.74) is 0.761. The molecule has 0 radical (unpaired) electrons. The van der Waals surface area contributed by atoms with Crippen molar-refractivity contribution in [3.8, 4) is 0 Å². The van der Waals surface area contributed by atoms with Crippen molar-refractivity contribution in [1.29, 1.82) is 0 Å². The number of carbonyl (C=O) groups is 1. The summed E-state index contributed by atoms with van der Waals surface area (Å²) in [5, 5.41) is 0.619. The monoisotopic (exact) mass is 347 g/mol. The minimum Gasteiger partial charge on any atom is -0.365 e. The second-order valence-electron chi connectivity index (χ2n) is 5.40. The lowest BCUT2D eigenvalue weighted by molar-refractivity contribution is -0.136. The Balaban J connectivity index is 1.42. The SMILES string of the molecule is O=C(COCc1ccncn1)N1CCN(c2ccc(Cl)cn2)CC1. The molecule has 0 atom stereocenters. The zero-order valence-electron chi connectivity index (χ0n) is 13.1. The molecule has 0 bridgehead atoms. The fourth-order valence-corrected chi connectivity index (χ4v) is 2.59. The van der Waals surface area contributed by atoms with Crippen LogP contribution in [-0.2, 0) is 16.1 Å². The largest absolute Gasteiger partial charge is 0.365 e. The zero-order valence-corrected chi connectivity index (χ0v) is 13.9. The smallest absolute Gasteiger partial charge is 0.248 e. The van der Waals surface area contributed by atoms with Gasteiger partial charge in [0.15, 0.2) is 0 Å². The number of hydrogen-bond acceptors (Lipinski definition) is 6. The molecule has 0 aliphatic carbocycles. The van der Waals surface area contributed by atoms with Crippen molar-refractivity contribution in [2.45, 2.75) is 6.61 Å². The van der Waals surface area contributed by atoms with Gasteiger partial charge in [-0.3, -0.25) is 4.79 Å². The second kappa shape index (κ2) is 8.03. The van der Waals surface area contributed by atoms with Gasteiger partial charge in [-0.05, 0) is 18.2 Å². The summed E-state index contributed by atoms with van der Waals surface area (Å²) >= 11 is 5.85. The van der Waals surface area contributed by atoms with Gasteiger partial charge < -0.3 is 14.5 Å². The zero-order chi connectivity index (χ0) is 16.8. The van der Waals surface area contributed by atoms with Gasteiger partial charge in [-0.15, -0.1) is 0 Å². The van der Waals surface area contributed by atoms with E-state index in [1.54, 1.807) is 18.5 Å².